The molecule has 156 valence electrons. The van der Waals surface area contributed by atoms with Crippen LogP contribution in [0.5, 0.6) is 5.75 Å². The normalized spacial score (nSPS) is 23.6. The van der Waals surface area contributed by atoms with E-state index in [0.717, 1.165) is 12.5 Å². The van der Waals surface area contributed by atoms with Gasteiger partial charge in [-0.2, -0.15) is 0 Å². The number of carbonyl (C=O) groups excluding carboxylic acids is 1. The van der Waals surface area contributed by atoms with E-state index in [1.807, 2.05) is 0 Å². The average Bonchev–Trinajstić information content (AvgIpc) is 2.67. The van der Waals surface area contributed by atoms with Gasteiger partial charge in [0.05, 0.1) is 23.8 Å². The Hall–Kier alpha value is -0.970. The van der Waals surface area contributed by atoms with Gasteiger partial charge in [0.25, 0.3) is 5.91 Å². The summed E-state index contributed by atoms with van der Waals surface area (Å²) in [5.74, 6) is 1.82. The molecule has 0 heterocycles. The molecule has 2 aliphatic rings. The molecule has 1 aromatic rings. The third kappa shape index (κ3) is 6.27. The Morgan fingerprint density at radius 3 is 2.64 bits per heavy atom. The fourth-order valence-corrected chi connectivity index (χ4v) is 4.89. The molecule has 3 rings (SSSR count). The number of hydrogen-bond acceptors (Lipinski definition) is 3. The summed E-state index contributed by atoms with van der Waals surface area (Å²) in [6, 6.07) is 5.19. The van der Waals surface area contributed by atoms with E-state index in [0.29, 0.717) is 42.0 Å². The van der Waals surface area contributed by atoms with Crippen LogP contribution in [0.2, 0.25) is 5.02 Å². The van der Waals surface area contributed by atoms with E-state index < -0.39 is 0 Å². The van der Waals surface area contributed by atoms with Crippen molar-refractivity contribution in [1.29, 1.82) is 0 Å². The van der Waals surface area contributed by atoms with Crippen LogP contribution in [0.15, 0.2) is 18.2 Å². The van der Waals surface area contributed by atoms with Gasteiger partial charge in [0.2, 0.25) is 0 Å². The van der Waals surface area contributed by atoms with Gasteiger partial charge < -0.3 is 14.8 Å². The van der Waals surface area contributed by atoms with Crippen LogP contribution in [0.25, 0.3) is 0 Å². The minimum absolute atomic E-state index is 0. The first kappa shape index (κ1) is 23.3. The third-order valence-electron chi connectivity index (χ3n) is 5.88. The summed E-state index contributed by atoms with van der Waals surface area (Å²) in [4.78, 5) is 12.7. The van der Waals surface area contributed by atoms with Crippen LogP contribution in [-0.4, -0.2) is 38.2 Å². The van der Waals surface area contributed by atoms with Crippen molar-refractivity contribution < 1.29 is 14.3 Å². The van der Waals surface area contributed by atoms with E-state index in [1.165, 1.54) is 44.9 Å². The van der Waals surface area contributed by atoms with Crippen molar-refractivity contribution in [3.05, 3.63) is 36.2 Å². The first-order chi connectivity index (χ1) is 13.1. The quantitative estimate of drug-likeness (QED) is 0.424. The minimum Gasteiger partial charge on any atom is -0.491 e. The van der Waals surface area contributed by atoms with Crippen molar-refractivity contribution >= 4 is 29.1 Å². The van der Waals surface area contributed by atoms with E-state index in [2.05, 4.69) is 5.32 Å². The summed E-state index contributed by atoms with van der Waals surface area (Å²) in [5.41, 5.74) is 0.757. The van der Waals surface area contributed by atoms with Crippen LogP contribution < -0.4 is 10.1 Å². The van der Waals surface area contributed by atoms with E-state index in [1.54, 1.807) is 18.2 Å². The SMILES string of the molecule is O=C(NCC12CCCC(CCC1)C2)c1cc(OCCOCCCl)ccc1Cl.[CH2]. The summed E-state index contributed by atoms with van der Waals surface area (Å²) in [5, 5.41) is 3.59. The lowest BCUT2D eigenvalue weighted by Gasteiger charge is -2.45. The molecule has 4 nitrogen and oxygen atoms in total. The van der Waals surface area contributed by atoms with Crippen molar-refractivity contribution in [2.45, 2.75) is 44.9 Å². The van der Waals surface area contributed by atoms with Crippen LogP contribution in [0.4, 0.5) is 0 Å². The van der Waals surface area contributed by atoms with Gasteiger partial charge in [-0.25, -0.2) is 0 Å². The number of fused-ring (bicyclic) bond motifs is 2. The maximum atomic E-state index is 12.7. The molecule has 1 aromatic carbocycles. The van der Waals surface area contributed by atoms with Crippen molar-refractivity contribution in [1.82, 2.24) is 5.32 Å². The first-order valence-corrected chi connectivity index (χ1v) is 10.9. The Bertz CT molecular complexity index is 628. The van der Waals surface area contributed by atoms with E-state index in [9.17, 15) is 4.79 Å². The van der Waals surface area contributed by atoms with Gasteiger partial charge in [0.1, 0.15) is 12.4 Å². The van der Waals surface area contributed by atoms with Gasteiger partial charge in [0.15, 0.2) is 0 Å². The first-order valence-electron chi connectivity index (χ1n) is 9.96. The molecule has 2 radical (unpaired) electrons. The lowest BCUT2D eigenvalue weighted by Crippen LogP contribution is -2.43. The molecule has 2 aliphatic carbocycles. The number of rotatable bonds is 9. The molecule has 0 saturated heterocycles. The van der Waals surface area contributed by atoms with Crippen LogP contribution in [0.3, 0.4) is 0 Å². The monoisotopic (exact) mass is 427 g/mol. The molecule has 2 bridgehead atoms. The fourth-order valence-electron chi connectivity index (χ4n) is 4.58. The molecule has 6 heteroatoms. The van der Waals surface area contributed by atoms with Crippen LogP contribution in [-0.2, 0) is 4.74 Å². The molecule has 0 aliphatic heterocycles. The number of benzene rings is 1. The van der Waals surface area contributed by atoms with E-state index in [4.69, 9.17) is 32.7 Å². The summed E-state index contributed by atoms with van der Waals surface area (Å²) in [7, 11) is 0. The second kappa shape index (κ2) is 11.3. The van der Waals surface area contributed by atoms with Crippen LogP contribution in [0.1, 0.15) is 55.3 Å². The van der Waals surface area contributed by atoms with Crippen molar-refractivity contribution in [3.63, 3.8) is 0 Å². The van der Waals surface area contributed by atoms with Crippen LogP contribution in [0, 0.1) is 18.8 Å². The number of carbonyl (C=O) groups is 1. The summed E-state index contributed by atoms with van der Waals surface area (Å²) >= 11 is 11.8. The maximum Gasteiger partial charge on any atom is 0.252 e. The fraction of sp³-hybridized carbons (Fsp3) is 0.636. The Balaban J connectivity index is 0.00000280. The number of amides is 1. The molecular formula is C22H31Cl2NO3. The van der Waals surface area contributed by atoms with Gasteiger partial charge in [-0.05, 0) is 48.8 Å². The highest BCUT2D eigenvalue weighted by molar-refractivity contribution is 6.33. The predicted octanol–water partition coefficient (Wildman–Crippen LogP) is 5.39. The highest BCUT2D eigenvalue weighted by atomic mass is 35.5. The largest absolute Gasteiger partial charge is 0.491 e. The summed E-state index contributed by atoms with van der Waals surface area (Å²) in [6.45, 7) is 2.11. The molecule has 0 unspecified atom stereocenters. The lowest BCUT2D eigenvalue weighted by molar-refractivity contribution is 0.0681. The van der Waals surface area contributed by atoms with Gasteiger partial charge in [-0.15, -0.1) is 11.6 Å². The Kier molecular flexibility index (Phi) is 9.39. The summed E-state index contributed by atoms with van der Waals surface area (Å²) in [6.07, 6.45) is 9.00. The molecule has 1 amide bonds. The molecule has 0 spiro atoms. The second-order valence-corrected chi connectivity index (χ2v) is 8.61. The topological polar surface area (TPSA) is 47.6 Å². The zero-order chi connectivity index (χ0) is 19.1. The number of ether oxygens (including phenoxy) is 2. The lowest BCUT2D eigenvalue weighted by atomic mass is 9.62. The highest BCUT2D eigenvalue weighted by Gasteiger charge is 2.39. The highest BCUT2D eigenvalue weighted by Crippen LogP contribution is 2.48. The summed E-state index contributed by atoms with van der Waals surface area (Å²) < 4.78 is 10.9. The second-order valence-electron chi connectivity index (χ2n) is 7.83. The molecule has 1 N–H and O–H groups in total. The molecule has 28 heavy (non-hydrogen) atoms. The number of halogens is 2. The standard InChI is InChI=1S/C21H29Cl2NO3.CH2/c22-9-10-26-11-12-27-17-5-6-19(23)18(13-17)20(25)24-15-21-7-1-3-16(14-21)4-2-8-21;/h5-6,13,16H,1-4,7-12,14-15H2,(H,24,25);1H2. The molecule has 2 saturated carbocycles. The Morgan fingerprint density at radius 2 is 1.93 bits per heavy atom. The Labute approximate surface area is 179 Å². The molecular weight excluding hydrogens is 397 g/mol. The zero-order valence-electron chi connectivity index (χ0n) is 16.5. The van der Waals surface area contributed by atoms with E-state index in [-0.39, 0.29) is 18.7 Å². The van der Waals surface area contributed by atoms with Crippen LogP contribution >= 0.6 is 23.2 Å². The van der Waals surface area contributed by atoms with Crippen molar-refractivity contribution in [2.24, 2.45) is 11.3 Å². The molecule has 0 aromatic heterocycles. The predicted molar refractivity (Wildman–Crippen MR) is 114 cm³/mol. The van der Waals surface area contributed by atoms with Gasteiger partial charge in [-0.3, -0.25) is 4.79 Å². The number of hydrogen-bond donors (Lipinski definition) is 1. The molecule has 2 fully saturated rings. The number of nitrogens with one attached hydrogen (secondary N) is 1. The molecule has 0 atom stereocenters. The van der Waals surface area contributed by atoms with Gasteiger partial charge in [0, 0.05) is 12.4 Å². The Morgan fingerprint density at radius 1 is 1.18 bits per heavy atom. The van der Waals surface area contributed by atoms with Crippen molar-refractivity contribution in [3.8, 4) is 5.75 Å². The maximum absolute atomic E-state index is 12.7. The zero-order valence-corrected chi connectivity index (χ0v) is 18.0. The minimum atomic E-state index is -0.120. The van der Waals surface area contributed by atoms with Gasteiger partial charge in [-0.1, -0.05) is 44.7 Å². The third-order valence-corrected chi connectivity index (χ3v) is 6.37. The van der Waals surface area contributed by atoms with Crippen molar-refractivity contribution in [2.75, 3.05) is 32.2 Å². The van der Waals surface area contributed by atoms with E-state index >= 15 is 0 Å². The van der Waals surface area contributed by atoms with Gasteiger partial charge >= 0.3 is 0 Å². The average molecular weight is 428 g/mol. The number of alkyl halides is 1. The smallest absolute Gasteiger partial charge is 0.252 e.